The van der Waals surface area contributed by atoms with Crippen molar-refractivity contribution in [2.45, 2.75) is 6.54 Å². The summed E-state index contributed by atoms with van der Waals surface area (Å²) in [4.78, 5) is 12.6. The summed E-state index contributed by atoms with van der Waals surface area (Å²) in [5, 5.41) is 11.8. The van der Waals surface area contributed by atoms with Gasteiger partial charge in [0.1, 0.15) is 11.6 Å². The molecule has 0 spiro atoms. The molecule has 140 valence electrons. The predicted molar refractivity (Wildman–Crippen MR) is 106 cm³/mol. The van der Waals surface area contributed by atoms with Gasteiger partial charge in [0.15, 0.2) is 0 Å². The quantitative estimate of drug-likeness (QED) is 0.546. The van der Waals surface area contributed by atoms with E-state index in [1.165, 1.54) is 18.3 Å². The number of amides is 1. The fourth-order valence-corrected chi connectivity index (χ4v) is 3.08. The van der Waals surface area contributed by atoms with E-state index in [1.54, 1.807) is 19.2 Å². The molecule has 0 aliphatic heterocycles. The molecular formula is C22H18FN3O2. The van der Waals surface area contributed by atoms with E-state index < -0.39 is 0 Å². The molecule has 0 fully saturated rings. The van der Waals surface area contributed by atoms with E-state index in [-0.39, 0.29) is 11.7 Å². The van der Waals surface area contributed by atoms with Crippen molar-refractivity contribution in [3.8, 4) is 17.0 Å². The Morgan fingerprint density at radius 3 is 2.61 bits per heavy atom. The first-order valence-electron chi connectivity index (χ1n) is 8.78. The average Bonchev–Trinajstić information content (AvgIpc) is 3.22. The summed E-state index contributed by atoms with van der Waals surface area (Å²) >= 11 is 0. The fourth-order valence-electron chi connectivity index (χ4n) is 3.08. The molecule has 4 aromatic rings. The third-order valence-corrected chi connectivity index (χ3v) is 4.58. The normalized spacial score (nSPS) is 10.8. The van der Waals surface area contributed by atoms with Gasteiger partial charge in [-0.05, 0) is 58.8 Å². The topological polar surface area (TPSA) is 67.0 Å². The van der Waals surface area contributed by atoms with Crippen molar-refractivity contribution in [1.82, 2.24) is 15.5 Å². The molecule has 0 aliphatic rings. The van der Waals surface area contributed by atoms with Crippen molar-refractivity contribution < 1.29 is 13.9 Å². The number of aromatic amines is 1. The highest BCUT2D eigenvalue weighted by molar-refractivity contribution is 5.99. The maximum Gasteiger partial charge on any atom is 0.255 e. The molecule has 1 amide bonds. The van der Waals surface area contributed by atoms with Gasteiger partial charge in [0.05, 0.1) is 24.6 Å². The molecule has 0 saturated carbocycles. The molecule has 6 heteroatoms. The Hall–Kier alpha value is -3.67. The largest absolute Gasteiger partial charge is 0.497 e. The summed E-state index contributed by atoms with van der Waals surface area (Å²) < 4.78 is 18.4. The van der Waals surface area contributed by atoms with Gasteiger partial charge in [-0.25, -0.2) is 4.39 Å². The lowest BCUT2D eigenvalue weighted by Gasteiger charge is -2.08. The summed E-state index contributed by atoms with van der Waals surface area (Å²) in [6.07, 6.45) is 1.47. The zero-order chi connectivity index (χ0) is 19.5. The van der Waals surface area contributed by atoms with E-state index in [2.05, 4.69) is 15.5 Å². The van der Waals surface area contributed by atoms with Crippen molar-refractivity contribution in [2.75, 3.05) is 7.11 Å². The molecule has 2 N–H and O–H groups in total. The minimum Gasteiger partial charge on any atom is -0.497 e. The van der Waals surface area contributed by atoms with Gasteiger partial charge in [-0.2, -0.15) is 5.10 Å². The number of ether oxygens (including phenoxy) is 1. The number of hydrogen-bond acceptors (Lipinski definition) is 3. The molecule has 0 unspecified atom stereocenters. The number of aromatic nitrogens is 2. The molecule has 1 aromatic heterocycles. The lowest BCUT2D eigenvalue weighted by molar-refractivity contribution is 0.0951. The van der Waals surface area contributed by atoms with Crippen molar-refractivity contribution in [3.05, 3.63) is 83.8 Å². The lowest BCUT2D eigenvalue weighted by atomic mass is 10.1. The van der Waals surface area contributed by atoms with E-state index in [4.69, 9.17) is 4.74 Å². The van der Waals surface area contributed by atoms with Crippen LogP contribution in [0.2, 0.25) is 0 Å². The van der Waals surface area contributed by atoms with Gasteiger partial charge in [0.25, 0.3) is 5.91 Å². The third-order valence-electron chi connectivity index (χ3n) is 4.58. The third kappa shape index (κ3) is 3.57. The van der Waals surface area contributed by atoms with Crippen LogP contribution >= 0.6 is 0 Å². The Bertz CT molecular complexity index is 1140. The summed E-state index contributed by atoms with van der Waals surface area (Å²) in [6, 6.07) is 17.8. The molecule has 0 atom stereocenters. The van der Waals surface area contributed by atoms with Crippen LogP contribution in [0.25, 0.3) is 22.0 Å². The Morgan fingerprint density at radius 1 is 1.07 bits per heavy atom. The molecule has 1 heterocycles. The number of benzene rings is 3. The monoisotopic (exact) mass is 375 g/mol. The number of fused-ring (bicyclic) bond motifs is 1. The van der Waals surface area contributed by atoms with Crippen LogP contribution in [0.4, 0.5) is 4.39 Å². The average molecular weight is 375 g/mol. The molecule has 0 saturated heterocycles. The summed E-state index contributed by atoms with van der Waals surface area (Å²) in [6.45, 7) is 0.384. The van der Waals surface area contributed by atoms with Crippen LogP contribution in [0.1, 0.15) is 15.9 Å². The highest BCUT2D eigenvalue weighted by atomic mass is 19.1. The lowest BCUT2D eigenvalue weighted by Crippen LogP contribution is -2.23. The molecule has 28 heavy (non-hydrogen) atoms. The molecule has 3 aromatic carbocycles. The minimum atomic E-state index is -0.330. The second kappa shape index (κ2) is 7.52. The number of carbonyl (C=O) groups excluding carboxylic acids is 1. The van der Waals surface area contributed by atoms with Crippen molar-refractivity contribution in [3.63, 3.8) is 0 Å². The highest BCUT2D eigenvalue weighted by Gasteiger charge is 2.15. The zero-order valence-corrected chi connectivity index (χ0v) is 15.2. The number of H-pyrrole nitrogens is 1. The van der Waals surface area contributed by atoms with Crippen molar-refractivity contribution in [2.24, 2.45) is 0 Å². The first kappa shape index (κ1) is 17.7. The number of methoxy groups -OCH3 is 1. The number of carbonyl (C=O) groups is 1. The number of hydrogen-bond donors (Lipinski definition) is 2. The minimum absolute atomic E-state index is 0.247. The van der Waals surface area contributed by atoms with Crippen molar-refractivity contribution in [1.29, 1.82) is 0 Å². The zero-order valence-electron chi connectivity index (χ0n) is 15.2. The second-order valence-electron chi connectivity index (χ2n) is 6.40. The van der Waals surface area contributed by atoms with Gasteiger partial charge in [-0.15, -0.1) is 0 Å². The molecule has 0 radical (unpaired) electrons. The van der Waals surface area contributed by atoms with Crippen LogP contribution in [-0.4, -0.2) is 23.2 Å². The van der Waals surface area contributed by atoms with Gasteiger partial charge in [0, 0.05) is 12.1 Å². The SMILES string of the molecule is COc1ccc2cc(CNC(=O)c3cn[nH]c3-c3ccc(F)cc3)ccc2c1. The summed E-state index contributed by atoms with van der Waals surface area (Å²) in [7, 11) is 1.64. The fraction of sp³-hybridized carbons (Fsp3) is 0.0909. The van der Waals surface area contributed by atoms with E-state index in [1.807, 2.05) is 36.4 Å². The molecule has 0 bridgehead atoms. The van der Waals surface area contributed by atoms with E-state index in [9.17, 15) is 9.18 Å². The number of rotatable bonds is 5. The van der Waals surface area contributed by atoms with Crippen LogP contribution < -0.4 is 10.1 Å². The maximum absolute atomic E-state index is 13.1. The van der Waals surface area contributed by atoms with Gasteiger partial charge in [-0.3, -0.25) is 9.89 Å². The maximum atomic E-state index is 13.1. The molecule has 4 rings (SSSR count). The van der Waals surface area contributed by atoms with Crippen molar-refractivity contribution >= 4 is 16.7 Å². The number of halogens is 1. The first-order valence-corrected chi connectivity index (χ1v) is 8.78. The predicted octanol–water partition coefficient (Wildman–Crippen LogP) is 4.31. The first-order chi connectivity index (χ1) is 13.6. The number of nitrogens with one attached hydrogen (secondary N) is 2. The molecular weight excluding hydrogens is 357 g/mol. The van der Waals surface area contributed by atoms with Crippen LogP contribution in [0.15, 0.2) is 66.9 Å². The summed E-state index contributed by atoms with van der Waals surface area (Å²) in [5.41, 5.74) is 2.65. The second-order valence-corrected chi connectivity index (χ2v) is 6.40. The Kier molecular flexibility index (Phi) is 4.76. The molecule has 5 nitrogen and oxygen atoms in total. The smallest absolute Gasteiger partial charge is 0.255 e. The van der Waals surface area contributed by atoms with E-state index >= 15 is 0 Å². The van der Waals surface area contributed by atoms with Gasteiger partial charge >= 0.3 is 0 Å². The van der Waals surface area contributed by atoms with Crippen LogP contribution in [-0.2, 0) is 6.54 Å². The summed E-state index contributed by atoms with van der Waals surface area (Å²) in [5.74, 6) is 0.230. The highest BCUT2D eigenvalue weighted by Crippen LogP contribution is 2.23. The standard InChI is InChI=1S/C22H18FN3O2/c1-28-19-9-6-16-10-14(2-3-17(16)11-19)12-24-22(27)20-13-25-26-21(20)15-4-7-18(23)8-5-15/h2-11,13H,12H2,1H3,(H,24,27)(H,25,26). The van der Waals surface area contributed by atoms with Gasteiger partial charge in [-0.1, -0.05) is 18.2 Å². The Labute approximate surface area is 161 Å². The van der Waals surface area contributed by atoms with Gasteiger partial charge in [0.2, 0.25) is 0 Å². The van der Waals surface area contributed by atoms with E-state index in [0.717, 1.165) is 22.1 Å². The van der Waals surface area contributed by atoms with Gasteiger partial charge < -0.3 is 10.1 Å². The molecule has 0 aliphatic carbocycles. The van der Waals surface area contributed by atoms with Crippen LogP contribution in [0.5, 0.6) is 5.75 Å². The Balaban J connectivity index is 1.50. The Morgan fingerprint density at radius 2 is 1.82 bits per heavy atom. The number of nitrogens with zero attached hydrogens (tertiary/aromatic N) is 1. The van der Waals surface area contributed by atoms with E-state index in [0.29, 0.717) is 23.4 Å². The van der Waals surface area contributed by atoms with Crippen LogP contribution in [0.3, 0.4) is 0 Å². The van der Waals surface area contributed by atoms with Crippen LogP contribution in [0, 0.1) is 5.82 Å².